The smallest absolute Gasteiger partial charge is 0.00201 e. The molecule has 256 valence electrons. The molecule has 0 fully saturated rings. The molecule has 0 heterocycles. The van der Waals surface area contributed by atoms with Crippen LogP contribution in [0, 0.1) is 27.7 Å². The van der Waals surface area contributed by atoms with Gasteiger partial charge in [-0.05, 0) is 164 Å². The topological polar surface area (TPSA) is 0 Å². The molecule has 0 unspecified atom stereocenters. The Bertz CT molecular complexity index is 1490. The highest BCUT2D eigenvalue weighted by molar-refractivity contribution is 5.54. The predicted octanol–water partition coefficient (Wildman–Crippen LogP) is 12.8. The first-order valence-corrected chi connectivity index (χ1v) is 18.4. The number of benzene rings is 4. The van der Waals surface area contributed by atoms with Gasteiger partial charge in [0.1, 0.15) is 0 Å². The maximum Gasteiger partial charge on any atom is -0.00201 e. The second-order valence-electron chi connectivity index (χ2n) is 19.4. The molecule has 4 aromatic carbocycles. The summed E-state index contributed by atoms with van der Waals surface area (Å²) in [6, 6.07) is 20.2. The van der Waals surface area contributed by atoms with E-state index in [4.69, 9.17) is 0 Å². The lowest BCUT2D eigenvalue weighted by Crippen LogP contribution is -2.17. The van der Waals surface area contributed by atoms with Crippen molar-refractivity contribution in [2.24, 2.45) is 0 Å². The van der Waals surface area contributed by atoms with Gasteiger partial charge in [0.05, 0.1) is 0 Å². The third-order valence-electron chi connectivity index (χ3n) is 11.5. The summed E-state index contributed by atoms with van der Waals surface area (Å²) >= 11 is 0. The Morgan fingerprint density at radius 3 is 0.500 bits per heavy atom. The molecule has 0 saturated heterocycles. The fourth-order valence-corrected chi connectivity index (χ4v) is 7.38. The lowest BCUT2D eigenvalue weighted by atomic mass is 9.77. The van der Waals surface area contributed by atoms with Crippen LogP contribution >= 0.6 is 0 Å². The van der Waals surface area contributed by atoms with Gasteiger partial charge in [0.15, 0.2) is 0 Å². The molecule has 0 amide bonds. The third-order valence-corrected chi connectivity index (χ3v) is 11.5. The van der Waals surface area contributed by atoms with Crippen molar-refractivity contribution in [1.82, 2.24) is 0 Å². The van der Waals surface area contributed by atoms with Crippen molar-refractivity contribution >= 4 is 0 Å². The van der Waals surface area contributed by atoms with Crippen LogP contribution in [-0.4, -0.2) is 0 Å². The number of hydrogen-bond acceptors (Lipinski definition) is 0. The van der Waals surface area contributed by atoms with Crippen molar-refractivity contribution in [3.05, 3.63) is 138 Å². The fourth-order valence-electron chi connectivity index (χ4n) is 7.38. The summed E-state index contributed by atoms with van der Waals surface area (Å²) in [6.07, 6.45) is 3.85. The van der Waals surface area contributed by atoms with E-state index in [2.05, 4.69) is 159 Å². The Morgan fingerprint density at radius 1 is 0.271 bits per heavy atom. The van der Waals surface area contributed by atoms with Gasteiger partial charge >= 0.3 is 0 Å². The van der Waals surface area contributed by atoms with Gasteiger partial charge in [-0.15, -0.1) is 0 Å². The summed E-state index contributed by atoms with van der Waals surface area (Å²) < 4.78 is 0. The average molecular weight is 641 g/mol. The van der Waals surface area contributed by atoms with Crippen LogP contribution in [0.25, 0.3) is 0 Å². The summed E-state index contributed by atoms with van der Waals surface area (Å²) in [7, 11) is 0. The van der Waals surface area contributed by atoms with E-state index < -0.39 is 0 Å². The van der Waals surface area contributed by atoms with Crippen LogP contribution in [0.15, 0.2) is 48.5 Å². The van der Waals surface area contributed by atoms with Crippen molar-refractivity contribution in [3.8, 4) is 0 Å². The monoisotopic (exact) mass is 641 g/mol. The number of fused-ring (bicyclic) bond motifs is 8. The molecule has 0 nitrogen and oxygen atoms in total. The van der Waals surface area contributed by atoms with Crippen LogP contribution in [-0.2, 0) is 47.3 Å². The molecule has 1 aliphatic carbocycles. The van der Waals surface area contributed by atoms with E-state index in [1.165, 1.54) is 89.0 Å². The molecule has 0 spiro atoms. The van der Waals surface area contributed by atoms with Crippen molar-refractivity contribution < 1.29 is 0 Å². The maximum absolute atomic E-state index is 2.53. The standard InChI is InChI=1S/C48H64/c1-29-33-17-35-23-42(46(8,9)10)25-37(30(35)2)19-39-27-44(48(14,15)16)28-40(32(39)4)20-38-26-43(47(11,12)13)24-36(31(38)3)18-34(29)22-41(21-33)45(5,6)7/h21-28H,17-20H2,1-16H3. The summed E-state index contributed by atoms with van der Waals surface area (Å²) in [5.74, 6) is 0. The van der Waals surface area contributed by atoms with Crippen LogP contribution in [0.4, 0.5) is 0 Å². The van der Waals surface area contributed by atoms with Gasteiger partial charge in [-0.1, -0.05) is 132 Å². The molecule has 0 radical (unpaired) electrons. The number of hydrogen-bond donors (Lipinski definition) is 0. The minimum absolute atomic E-state index is 0.0734. The maximum atomic E-state index is 2.53. The first-order chi connectivity index (χ1) is 21.9. The zero-order valence-corrected chi connectivity index (χ0v) is 33.4. The van der Waals surface area contributed by atoms with E-state index in [0.717, 1.165) is 25.7 Å². The van der Waals surface area contributed by atoms with Crippen LogP contribution < -0.4 is 0 Å². The number of rotatable bonds is 0. The van der Waals surface area contributed by atoms with E-state index in [1.807, 2.05) is 0 Å². The Hall–Kier alpha value is -3.12. The normalized spacial score (nSPS) is 14.3. The van der Waals surface area contributed by atoms with Gasteiger partial charge in [-0.3, -0.25) is 0 Å². The van der Waals surface area contributed by atoms with E-state index in [1.54, 1.807) is 0 Å². The molecule has 48 heavy (non-hydrogen) atoms. The second-order valence-corrected chi connectivity index (χ2v) is 19.4. The largest absolute Gasteiger partial charge is 0.0561 e. The van der Waals surface area contributed by atoms with Crippen molar-refractivity contribution in [2.75, 3.05) is 0 Å². The molecule has 0 atom stereocenters. The fraction of sp³-hybridized carbons (Fsp3) is 0.500. The predicted molar refractivity (Wildman–Crippen MR) is 211 cm³/mol. The zero-order chi connectivity index (χ0) is 35.7. The molecule has 0 aliphatic heterocycles. The second kappa shape index (κ2) is 12.3. The molecule has 8 bridgehead atoms. The lowest BCUT2D eigenvalue weighted by molar-refractivity contribution is 0.586. The SMILES string of the molecule is Cc1c2cc(C(C)(C)C)cc1Cc1cc(C(C)(C)C)cc(c1C)Cc1cc(C(C)(C)C)cc(c1C)Cc1cc(C(C)(C)C)cc(c1C)C2. The minimum Gasteiger partial charge on any atom is -0.0561 e. The first kappa shape index (κ1) is 36.2. The minimum atomic E-state index is 0.0734. The van der Waals surface area contributed by atoms with Crippen molar-refractivity contribution in [2.45, 2.75) is 158 Å². The quantitative estimate of drug-likeness (QED) is 0.158. The van der Waals surface area contributed by atoms with Gasteiger partial charge in [0.25, 0.3) is 0 Å². The Balaban J connectivity index is 1.89. The highest BCUT2D eigenvalue weighted by Crippen LogP contribution is 2.37. The Kier molecular flexibility index (Phi) is 9.29. The average Bonchev–Trinajstić information content (AvgIpc) is 2.93. The van der Waals surface area contributed by atoms with Gasteiger partial charge in [-0.25, -0.2) is 0 Å². The van der Waals surface area contributed by atoms with E-state index >= 15 is 0 Å². The highest BCUT2D eigenvalue weighted by Gasteiger charge is 2.25. The summed E-state index contributed by atoms with van der Waals surface area (Å²) in [4.78, 5) is 0. The molecule has 0 N–H and O–H groups in total. The van der Waals surface area contributed by atoms with E-state index in [-0.39, 0.29) is 21.7 Å². The first-order valence-electron chi connectivity index (χ1n) is 18.4. The van der Waals surface area contributed by atoms with Crippen molar-refractivity contribution in [3.63, 3.8) is 0 Å². The van der Waals surface area contributed by atoms with Crippen LogP contribution in [0.3, 0.4) is 0 Å². The molecule has 0 heteroatoms. The summed E-state index contributed by atoms with van der Waals surface area (Å²) in [5.41, 5.74) is 23.7. The molecule has 4 aromatic rings. The molecule has 1 aliphatic rings. The van der Waals surface area contributed by atoms with Crippen LogP contribution in [0.1, 0.15) is 172 Å². The van der Waals surface area contributed by atoms with E-state index in [9.17, 15) is 0 Å². The molecular formula is C48H64. The molecule has 5 rings (SSSR count). The lowest BCUT2D eigenvalue weighted by Gasteiger charge is -2.28. The van der Waals surface area contributed by atoms with Crippen molar-refractivity contribution in [1.29, 1.82) is 0 Å². The summed E-state index contributed by atoms with van der Waals surface area (Å²) in [5, 5.41) is 0. The van der Waals surface area contributed by atoms with Crippen LogP contribution in [0.2, 0.25) is 0 Å². The molecule has 0 aromatic heterocycles. The van der Waals surface area contributed by atoms with Gasteiger partial charge in [-0.2, -0.15) is 0 Å². The summed E-state index contributed by atoms with van der Waals surface area (Å²) in [6.45, 7) is 37.9. The van der Waals surface area contributed by atoms with E-state index in [0.29, 0.717) is 0 Å². The Labute approximate surface area is 294 Å². The Morgan fingerprint density at radius 2 is 0.396 bits per heavy atom. The molecule has 0 saturated carbocycles. The van der Waals surface area contributed by atoms with Gasteiger partial charge in [0.2, 0.25) is 0 Å². The molecular weight excluding hydrogens is 577 g/mol. The van der Waals surface area contributed by atoms with Crippen LogP contribution in [0.5, 0.6) is 0 Å². The zero-order valence-electron chi connectivity index (χ0n) is 33.4. The third kappa shape index (κ3) is 7.39. The van der Waals surface area contributed by atoms with Gasteiger partial charge < -0.3 is 0 Å². The van der Waals surface area contributed by atoms with Gasteiger partial charge in [0, 0.05) is 0 Å². The highest BCUT2D eigenvalue weighted by atomic mass is 14.3.